The minimum Gasteiger partial charge on any atom is -0.493 e. The van der Waals surface area contributed by atoms with Gasteiger partial charge in [0, 0.05) is 47.9 Å². The van der Waals surface area contributed by atoms with Gasteiger partial charge in [-0.05, 0) is 12.1 Å². The van der Waals surface area contributed by atoms with Crippen LogP contribution < -0.4 is 14.2 Å². The third kappa shape index (κ3) is 4.95. The molecule has 0 aliphatic rings. The van der Waals surface area contributed by atoms with Gasteiger partial charge in [-0.25, -0.2) is 4.98 Å². The van der Waals surface area contributed by atoms with Crippen molar-refractivity contribution < 1.29 is 31.3 Å². The van der Waals surface area contributed by atoms with E-state index in [9.17, 15) is 13.0 Å². The van der Waals surface area contributed by atoms with Crippen molar-refractivity contribution in [2.75, 3.05) is 14.1 Å². The Bertz CT molecular complexity index is 1050. The molecule has 27 heavy (non-hydrogen) atoms. The van der Waals surface area contributed by atoms with Gasteiger partial charge in [0.05, 0.1) is 51.5 Å². The van der Waals surface area contributed by atoms with E-state index in [1.165, 1.54) is 37.6 Å². The summed E-state index contributed by atoms with van der Waals surface area (Å²) in [5.41, 5.74) is 0.982. The molecule has 0 aliphatic carbocycles. The van der Waals surface area contributed by atoms with Gasteiger partial charge in [-0.15, -0.1) is 0 Å². The van der Waals surface area contributed by atoms with E-state index in [0.29, 0.717) is 11.0 Å². The summed E-state index contributed by atoms with van der Waals surface area (Å²) in [4.78, 5) is 11.1. The van der Waals surface area contributed by atoms with E-state index in [1.54, 1.807) is 0 Å². The van der Waals surface area contributed by atoms with Gasteiger partial charge in [0.2, 0.25) is 0 Å². The summed E-state index contributed by atoms with van der Waals surface area (Å²) >= 11 is 0. The van der Waals surface area contributed by atoms with E-state index >= 15 is 0 Å². The molecule has 2 heterocycles. The van der Waals surface area contributed by atoms with Crippen LogP contribution in [0.3, 0.4) is 0 Å². The zero-order valence-corrected chi connectivity index (χ0v) is 17.2. The molecule has 1 atom stereocenters. The summed E-state index contributed by atoms with van der Waals surface area (Å²) in [7, 11) is -3.11. The fourth-order valence-electron chi connectivity index (χ4n) is 2.31. The Labute approximate surface area is 182 Å². The largest absolute Gasteiger partial charge is 0.493 e. The molecule has 0 saturated carbocycles. The van der Waals surface area contributed by atoms with Crippen LogP contribution in [0.1, 0.15) is 9.81 Å². The molecular formula is C16H15F2N3NaO4S. The topological polar surface area (TPSA) is 86.3 Å². The zero-order chi connectivity index (χ0) is 21.2. The molecule has 1 N–H and O–H groups in total. The first kappa shape index (κ1) is 17.4. The number of hydrogen-bond donors (Lipinski definition) is 1. The van der Waals surface area contributed by atoms with Gasteiger partial charge in [-0.2, -0.15) is 8.78 Å². The average molecular weight is 409 g/mol. The molecule has 0 spiro atoms. The Morgan fingerprint density at radius 3 is 2.85 bits per heavy atom. The Kier molecular flexibility index (Phi) is 6.07. The second kappa shape index (κ2) is 9.45. The molecule has 0 fully saturated rings. The summed E-state index contributed by atoms with van der Waals surface area (Å²) in [6, 6.07) is 5.41. The monoisotopic (exact) mass is 409 g/mol. The third-order valence-electron chi connectivity index (χ3n) is 3.40. The molecule has 1 unspecified atom stereocenters. The number of fused-ring (bicyclic) bond motifs is 1. The summed E-state index contributed by atoms with van der Waals surface area (Å²) < 4.78 is 73.4. The summed E-state index contributed by atoms with van der Waals surface area (Å²) in [5, 5.41) is 0.0835. The zero-order valence-electron chi connectivity index (χ0n) is 17.4. The maximum absolute atomic E-state index is 12.7. The average Bonchev–Trinajstić information content (AvgIpc) is 3.03. The molecule has 3 aromatic rings. The number of rotatable bonds is 7. The summed E-state index contributed by atoms with van der Waals surface area (Å²) in [6.07, 6.45) is 1.31. The van der Waals surface area contributed by atoms with Crippen LogP contribution in [-0.4, -0.2) is 69.5 Å². The number of nitrogens with zero attached hydrogens (tertiary/aromatic N) is 2. The van der Waals surface area contributed by atoms with Crippen molar-refractivity contribution in [3.63, 3.8) is 0 Å². The number of pyridine rings is 1. The third-order valence-corrected chi connectivity index (χ3v) is 4.56. The Morgan fingerprint density at radius 2 is 2.15 bits per heavy atom. The first-order valence-electron chi connectivity index (χ1n) is 8.70. The SMILES string of the molecule is [2H]C([2H])([2H])Oc1ccnc(CS(=O)c2nc3ccc(OC(F)F)cc3[nH]2)c1OC.[Na]. The molecule has 139 valence electrons. The molecule has 0 amide bonds. The van der Waals surface area contributed by atoms with Crippen LogP contribution in [-0.2, 0) is 16.6 Å². The quantitative estimate of drug-likeness (QED) is 0.604. The number of aromatic nitrogens is 3. The van der Waals surface area contributed by atoms with Crippen LogP contribution in [0.4, 0.5) is 8.78 Å². The maximum atomic E-state index is 12.7. The molecule has 1 radical (unpaired) electrons. The van der Waals surface area contributed by atoms with Gasteiger partial charge in [0.25, 0.3) is 0 Å². The number of methoxy groups -OCH3 is 2. The van der Waals surface area contributed by atoms with Crippen LogP contribution in [0.2, 0.25) is 0 Å². The first-order valence-corrected chi connectivity index (χ1v) is 8.52. The van der Waals surface area contributed by atoms with Gasteiger partial charge >= 0.3 is 6.61 Å². The predicted octanol–water partition coefficient (Wildman–Crippen LogP) is 2.50. The van der Waals surface area contributed by atoms with Crippen molar-refractivity contribution in [3.05, 3.63) is 36.2 Å². The number of benzene rings is 1. The Morgan fingerprint density at radius 1 is 1.33 bits per heavy atom. The molecule has 0 aliphatic heterocycles. The number of H-pyrrole nitrogens is 1. The van der Waals surface area contributed by atoms with E-state index in [1.807, 2.05) is 0 Å². The number of ether oxygens (including phenoxy) is 3. The number of hydrogen-bond acceptors (Lipinski definition) is 6. The number of aromatic amines is 1. The molecule has 2 aromatic heterocycles. The number of imidazole rings is 1. The summed E-state index contributed by atoms with van der Waals surface area (Å²) in [5.74, 6) is -0.235. The molecule has 3 rings (SSSR count). The van der Waals surface area contributed by atoms with E-state index in [0.717, 1.165) is 0 Å². The number of alkyl halides is 2. The van der Waals surface area contributed by atoms with Gasteiger partial charge in [-0.1, -0.05) is 0 Å². The van der Waals surface area contributed by atoms with E-state index < -0.39 is 24.4 Å². The van der Waals surface area contributed by atoms with Gasteiger partial charge in [-0.3, -0.25) is 9.19 Å². The van der Waals surface area contributed by atoms with E-state index in [2.05, 4.69) is 19.7 Å². The number of nitrogens with one attached hydrogen (secondary N) is 1. The number of halogens is 2. The fourth-order valence-corrected chi connectivity index (χ4v) is 3.33. The van der Waals surface area contributed by atoms with Crippen molar-refractivity contribution in [2.45, 2.75) is 17.5 Å². The molecule has 0 bridgehead atoms. The molecular weight excluding hydrogens is 391 g/mol. The van der Waals surface area contributed by atoms with Crippen LogP contribution in [0, 0.1) is 0 Å². The van der Waals surface area contributed by atoms with Crippen molar-refractivity contribution in [3.8, 4) is 17.2 Å². The molecule has 11 heteroatoms. The normalized spacial score (nSPS) is 14.0. The second-order valence-corrected chi connectivity index (χ2v) is 6.35. The van der Waals surface area contributed by atoms with Crippen LogP contribution in [0.25, 0.3) is 11.0 Å². The van der Waals surface area contributed by atoms with Crippen molar-refractivity contribution in [2.24, 2.45) is 0 Å². The van der Waals surface area contributed by atoms with E-state index in [4.69, 9.17) is 13.6 Å². The summed E-state index contributed by atoms with van der Waals surface area (Å²) in [6.45, 7) is -2.97. The Hall–Kier alpha value is -1.75. The minimum absolute atomic E-state index is 0. The van der Waals surface area contributed by atoms with Gasteiger partial charge in [0.15, 0.2) is 16.7 Å². The predicted molar refractivity (Wildman–Crippen MR) is 95.9 cm³/mol. The van der Waals surface area contributed by atoms with Crippen molar-refractivity contribution in [1.82, 2.24) is 15.0 Å². The van der Waals surface area contributed by atoms with Crippen LogP contribution in [0.5, 0.6) is 17.2 Å². The first-order chi connectivity index (χ1) is 13.7. The van der Waals surface area contributed by atoms with Gasteiger partial charge < -0.3 is 19.2 Å². The van der Waals surface area contributed by atoms with E-state index in [-0.39, 0.29) is 63.4 Å². The van der Waals surface area contributed by atoms with Gasteiger partial charge in [0.1, 0.15) is 5.75 Å². The Balaban J connectivity index is 0.00000320. The standard InChI is InChI=1S/C16H15F2N3O4S.Na/c1-23-13-5-6-19-12(14(13)24-2)8-26(22)16-20-10-4-3-9(25-15(17)18)7-11(10)21-16;/h3-7,15H,8H2,1-2H3,(H,20,21);/i1D3;. The minimum atomic E-state index is -2.97. The van der Waals surface area contributed by atoms with Crippen molar-refractivity contribution in [1.29, 1.82) is 0 Å². The van der Waals surface area contributed by atoms with Crippen LogP contribution in [0.15, 0.2) is 35.6 Å². The molecule has 1 aromatic carbocycles. The van der Waals surface area contributed by atoms with Crippen molar-refractivity contribution >= 4 is 51.4 Å². The fraction of sp³-hybridized carbons (Fsp3) is 0.250. The maximum Gasteiger partial charge on any atom is 0.387 e. The second-order valence-electron chi connectivity index (χ2n) is 4.98. The van der Waals surface area contributed by atoms with Crippen LogP contribution >= 0.6 is 0 Å². The molecule has 7 nitrogen and oxygen atoms in total. The molecule has 0 saturated heterocycles. The smallest absolute Gasteiger partial charge is 0.387 e.